The molecule has 19 heavy (non-hydrogen) atoms. The van der Waals surface area contributed by atoms with E-state index in [0.29, 0.717) is 11.8 Å². The zero-order chi connectivity index (χ0) is 13.7. The Morgan fingerprint density at radius 2 is 1.63 bits per heavy atom. The van der Waals surface area contributed by atoms with E-state index in [1.54, 1.807) is 18.2 Å². The number of rotatable bonds is 6. The van der Waals surface area contributed by atoms with E-state index in [1.165, 1.54) is 0 Å². The highest BCUT2D eigenvalue weighted by atomic mass is 19.3. The van der Waals surface area contributed by atoms with Crippen LogP contribution in [0.5, 0.6) is 0 Å². The summed E-state index contributed by atoms with van der Waals surface area (Å²) in [5.74, 6) is -2.73. The van der Waals surface area contributed by atoms with Crippen molar-refractivity contribution in [2.75, 3.05) is 0 Å². The largest absolute Gasteiger partial charge is 0.273 e. The third-order valence-corrected chi connectivity index (χ3v) is 3.53. The maximum absolute atomic E-state index is 14.3. The Balaban J connectivity index is 2.22. The lowest BCUT2D eigenvalue weighted by Crippen LogP contribution is -2.13. The molecule has 0 bridgehead atoms. The van der Waals surface area contributed by atoms with Gasteiger partial charge in [-0.15, -0.1) is 0 Å². The SMILES string of the molecule is CCCCCCC(F)(F)c1cccc2ccccc12. The molecule has 0 saturated carbocycles. The second kappa shape index (κ2) is 6.14. The van der Waals surface area contributed by atoms with E-state index in [9.17, 15) is 8.78 Å². The van der Waals surface area contributed by atoms with Crippen molar-refractivity contribution >= 4 is 10.8 Å². The van der Waals surface area contributed by atoms with Crippen LogP contribution in [0.2, 0.25) is 0 Å². The third kappa shape index (κ3) is 3.31. The molecule has 0 atom stereocenters. The van der Waals surface area contributed by atoms with Crippen LogP contribution in [0.25, 0.3) is 10.8 Å². The van der Waals surface area contributed by atoms with Gasteiger partial charge in [-0.2, -0.15) is 0 Å². The van der Waals surface area contributed by atoms with Gasteiger partial charge in [-0.05, 0) is 17.2 Å². The molecule has 0 heterocycles. The van der Waals surface area contributed by atoms with Crippen LogP contribution >= 0.6 is 0 Å². The van der Waals surface area contributed by atoms with Gasteiger partial charge in [0.2, 0.25) is 0 Å². The Morgan fingerprint density at radius 1 is 0.895 bits per heavy atom. The van der Waals surface area contributed by atoms with Crippen molar-refractivity contribution in [1.82, 2.24) is 0 Å². The van der Waals surface area contributed by atoms with Gasteiger partial charge in [0, 0.05) is 12.0 Å². The van der Waals surface area contributed by atoms with Gasteiger partial charge in [0.25, 0.3) is 5.92 Å². The minimum Gasteiger partial charge on any atom is -0.201 e. The minimum atomic E-state index is -2.73. The molecule has 0 radical (unpaired) electrons. The summed E-state index contributed by atoms with van der Waals surface area (Å²) in [5, 5.41) is 1.55. The van der Waals surface area contributed by atoms with Crippen LogP contribution in [0.15, 0.2) is 42.5 Å². The molecule has 0 aromatic heterocycles. The maximum atomic E-state index is 14.3. The lowest BCUT2D eigenvalue weighted by molar-refractivity contribution is -0.0142. The van der Waals surface area contributed by atoms with Gasteiger partial charge in [-0.25, -0.2) is 8.78 Å². The molecular weight excluding hydrogens is 242 g/mol. The summed E-state index contributed by atoms with van der Waals surface area (Å²) >= 11 is 0. The molecule has 0 amide bonds. The Hall–Kier alpha value is -1.44. The molecule has 2 aromatic carbocycles. The highest BCUT2D eigenvalue weighted by Crippen LogP contribution is 2.37. The summed E-state index contributed by atoms with van der Waals surface area (Å²) in [4.78, 5) is 0. The van der Waals surface area contributed by atoms with Crippen LogP contribution in [0, 0.1) is 0 Å². The summed E-state index contributed by atoms with van der Waals surface area (Å²) in [6.07, 6.45) is 3.52. The fourth-order valence-corrected chi connectivity index (χ4v) is 2.45. The van der Waals surface area contributed by atoms with Crippen molar-refractivity contribution in [3.05, 3.63) is 48.0 Å². The molecule has 0 fully saturated rings. The van der Waals surface area contributed by atoms with Crippen LogP contribution in [0.3, 0.4) is 0 Å². The van der Waals surface area contributed by atoms with Crippen LogP contribution in [0.4, 0.5) is 8.78 Å². The van der Waals surface area contributed by atoms with Crippen LogP contribution < -0.4 is 0 Å². The summed E-state index contributed by atoms with van der Waals surface area (Å²) < 4.78 is 28.6. The number of benzene rings is 2. The molecule has 0 nitrogen and oxygen atoms in total. The first kappa shape index (κ1) is 14.0. The van der Waals surface area contributed by atoms with Crippen molar-refractivity contribution in [2.24, 2.45) is 0 Å². The lowest BCUT2D eigenvalue weighted by Gasteiger charge is -2.18. The van der Waals surface area contributed by atoms with Gasteiger partial charge < -0.3 is 0 Å². The average Bonchev–Trinajstić information content (AvgIpc) is 2.43. The molecule has 0 saturated heterocycles. The van der Waals surface area contributed by atoms with Gasteiger partial charge in [0.15, 0.2) is 0 Å². The summed E-state index contributed by atoms with van der Waals surface area (Å²) in [7, 11) is 0. The predicted octanol–water partition coefficient (Wildman–Crippen LogP) is 5.90. The summed E-state index contributed by atoms with van der Waals surface area (Å²) in [6, 6.07) is 12.5. The first-order valence-corrected chi connectivity index (χ1v) is 7.01. The summed E-state index contributed by atoms with van der Waals surface area (Å²) in [5.41, 5.74) is 0.169. The second-order valence-corrected chi connectivity index (χ2v) is 5.04. The number of unbranched alkanes of at least 4 members (excludes halogenated alkanes) is 3. The van der Waals surface area contributed by atoms with E-state index in [0.717, 1.165) is 24.6 Å². The number of halogens is 2. The van der Waals surface area contributed by atoms with E-state index in [4.69, 9.17) is 0 Å². The van der Waals surface area contributed by atoms with Crippen LogP contribution in [-0.2, 0) is 5.92 Å². The van der Waals surface area contributed by atoms with E-state index >= 15 is 0 Å². The molecule has 0 spiro atoms. The molecule has 0 aliphatic rings. The van der Waals surface area contributed by atoms with Gasteiger partial charge in [0.1, 0.15) is 0 Å². The van der Waals surface area contributed by atoms with Gasteiger partial charge in [0.05, 0.1) is 0 Å². The van der Waals surface area contributed by atoms with Gasteiger partial charge in [-0.1, -0.05) is 68.7 Å². The number of alkyl halides is 2. The average molecular weight is 262 g/mol. The van der Waals surface area contributed by atoms with E-state index in [2.05, 4.69) is 6.92 Å². The minimum absolute atomic E-state index is 0.0546. The zero-order valence-electron chi connectivity index (χ0n) is 11.3. The monoisotopic (exact) mass is 262 g/mol. The molecular formula is C17H20F2. The highest BCUT2D eigenvalue weighted by Gasteiger charge is 2.32. The molecule has 0 aliphatic heterocycles. The van der Waals surface area contributed by atoms with Crippen molar-refractivity contribution < 1.29 is 8.78 Å². The van der Waals surface area contributed by atoms with Gasteiger partial charge >= 0.3 is 0 Å². The van der Waals surface area contributed by atoms with Crippen molar-refractivity contribution in [3.8, 4) is 0 Å². The lowest BCUT2D eigenvalue weighted by atomic mass is 9.96. The predicted molar refractivity (Wildman–Crippen MR) is 76.6 cm³/mol. The summed E-state index contributed by atoms with van der Waals surface area (Å²) in [6.45, 7) is 2.09. The molecule has 2 rings (SSSR count). The molecule has 102 valence electrons. The first-order valence-electron chi connectivity index (χ1n) is 7.01. The first-order chi connectivity index (χ1) is 9.15. The third-order valence-electron chi connectivity index (χ3n) is 3.53. The fourth-order valence-electron chi connectivity index (χ4n) is 2.45. The Labute approximate surface area is 113 Å². The fraction of sp³-hybridized carbons (Fsp3) is 0.412. The maximum Gasteiger partial charge on any atom is 0.273 e. The van der Waals surface area contributed by atoms with Gasteiger partial charge in [-0.3, -0.25) is 0 Å². The second-order valence-electron chi connectivity index (χ2n) is 5.04. The standard InChI is InChI=1S/C17H20F2/c1-2-3-4-7-13-17(18,19)16-12-8-10-14-9-5-6-11-15(14)16/h5-6,8-12H,2-4,7,13H2,1H3. The molecule has 0 N–H and O–H groups in total. The van der Waals surface area contributed by atoms with Crippen molar-refractivity contribution in [3.63, 3.8) is 0 Å². The highest BCUT2D eigenvalue weighted by molar-refractivity contribution is 5.86. The molecule has 2 aromatic rings. The topological polar surface area (TPSA) is 0 Å². The quantitative estimate of drug-likeness (QED) is 0.568. The van der Waals surface area contributed by atoms with E-state index in [-0.39, 0.29) is 12.0 Å². The smallest absolute Gasteiger partial charge is 0.201 e. The van der Waals surface area contributed by atoms with E-state index < -0.39 is 5.92 Å². The molecule has 2 heteroatoms. The Kier molecular flexibility index (Phi) is 4.52. The molecule has 0 unspecified atom stereocenters. The number of hydrogen-bond acceptors (Lipinski definition) is 0. The van der Waals surface area contributed by atoms with Crippen molar-refractivity contribution in [2.45, 2.75) is 45.0 Å². The Morgan fingerprint density at radius 3 is 2.42 bits per heavy atom. The normalized spacial score (nSPS) is 11.9. The van der Waals surface area contributed by atoms with Crippen LogP contribution in [-0.4, -0.2) is 0 Å². The number of hydrogen-bond donors (Lipinski definition) is 0. The van der Waals surface area contributed by atoms with Crippen molar-refractivity contribution in [1.29, 1.82) is 0 Å². The number of fused-ring (bicyclic) bond motifs is 1. The Bertz CT molecular complexity index is 526. The molecule has 0 aliphatic carbocycles. The van der Waals surface area contributed by atoms with Crippen LogP contribution in [0.1, 0.15) is 44.6 Å². The van der Waals surface area contributed by atoms with E-state index in [1.807, 2.05) is 24.3 Å². The zero-order valence-corrected chi connectivity index (χ0v) is 11.3.